The predicted octanol–water partition coefficient (Wildman–Crippen LogP) is 2.58. The summed E-state index contributed by atoms with van der Waals surface area (Å²) >= 11 is 3.42. The van der Waals surface area contributed by atoms with E-state index in [1.54, 1.807) is 6.20 Å². The van der Waals surface area contributed by atoms with Crippen LogP contribution < -0.4 is 16.6 Å². The van der Waals surface area contributed by atoms with Gasteiger partial charge in [0.05, 0.1) is 0 Å². The van der Waals surface area contributed by atoms with E-state index in [1.807, 2.05) is 31.2 Å². The standard InChI is InChI=1S/C11H12BrN5/c1-7-6-14-11(17-13)16-10(7)15-9-4-2-3-8(12)5-9/h2-6H,13H2,1H3,(H2,14,15,16,17). The fraction of sp³-hybridized carbons (Fsp3) is 0.0909. The second-order valence-corrected chi connectivity index (χ2v) is 4.42. The van der Waals surface area contributed by atoms with Gasteiger partial charge in [0.25, 0.3) is 0 Å². The third-order valence-corrected chi connectivity index (χ3v) is 2.68. The second-order valence-electron chi connectivity index (χ2n) is 3.50. The average Bonchev–Trinajstić information content (AvgIpc) is 2.32. The number of aryl methyl sites for hydroxylation is 1. The molecule has 0 aliphatic heterocycles. The van der Waals surface area contributed by atoms with Crippen molar-refractivity contribution in [2.24, 2.45) is 5.84 Å². The minimum atomic E-state index is 0.382. The monoisotopic (exact) mass is 293 g/mol. The largest absolute Gasteiger partial charge is 0.340 e. The number of hydrogen-bond donors (Lipinski definition) is 3. The first-order valence-electron chi connectivity index (χ1n) is 5.02. The van der Waals surface area contributed by atoms with Gasteiger partial charge >= 0.3 is 0 Å². The molecule has 0 atom stereocenters. The Morgan fingerprint density at radius 3 is 2.88 bits per heavy atom. The van der Waals surface area contributed by atoms with Crippen LogP contribution in [0, 0.1) is 6.92 Å². The Balaban J connectivity index is 2.29. The number of aromatic nitrogens is 2. The minimum absolute atomic E-state index is 0.382. The zero-order chi connectivity index (χ0) is 12.3. The normalized spacial score (nSPS) is 10.1. The molecule has 0 aliphatic carbocycles. The van der Waals surface area contributed by atoms with Crippen molar-refractivity contribution in [3.63, 3.8) is 0 Å². The lowest BCUT2D eigenvalue weighted by Gasteiger charge is -2.09. The number of benzene rings is 1. The summed E-state index contributed by atoms with van der Waals surface area (Å²) in [6, 6.07) is 7.84. The van der Waals surface area contributed by atoms with Crippen LogP contribution >= 0.6 is 15.9 Å². The number of anilines is 3. The number of halogens is 1. The van der Waals surface area contributed by atoms with Crippen LogP contribution in [0.5, 0.6) is 0 Å². The molecule has 17 heavy (non-hydrogen) atoms. The van der Waals surface area contributed by atoms with Gasteiger partial charge in [-0.2, -0.15) is 4.98 Å². The van der Waals surface area contributed by atoms with Gasteiger partial charge in [0.1, 0.15) is 5.82 Å². The highest BCUT2D eigenvalue weighted by Gasteiger charge is 2.03. The first-order valence-corrected chi connectivity index (χ1v) is 5.81. The molecule has 0 saturated carbocycles. The lowest BCUT2D eigenvalue weighted by molar-refractivity contribution is 1.09. The first kappa shape index (κ1) is 11.8. The van der Waals surface area contributed by atoms with Gasteiger partial charge < -0.3 is 5.32 Å². The Hall–Kier alpha value is -1.66. The Labute approximate surface area is 108 Å². The molecular formula is C11H12BrN5. The van der Waals surface area contributed by atoms with Crippen LogP contribution in [0.3, 0.4) is 0 Å². The van der Waals surface area contributed by atoms with Gasteiger partial charge in [-0.25, -0.2) is 10.8 Å². The Bertz CT molecular complexity index is 529. The van der Waals surface area contributed by atoms with E-state index in [-0.39, 0.29) is 0 Å². The van der Waals surface area contributed by atoms with E-state index in [9.17, 15) is 0 Å². The number of rotatable bonds is 3. The molecule has 1 aromatic heterocycles. The van der Waals surface area contributed by atoms with E-state index in [1.165, 1.54) is 0 Å². The van der Waals surface area contributed by atoms with E-state index >= 15 is 0 Å². The molecule has 0 bridgehead atoms. The van der Waals surface area contributed by atoms with Crippen molar-refractivity contribution < 1.29 is 0 Å². The van der Waals surface area contributed by atoms with E-state index in [0.717, 1.165) is 21.5 Å². The zero-order valence-corrected chi connectivity index (χ0v) is 10.8. The quantitative estimate of drug-likeness (QED) is 0.599. The summed E-state index contributed by atoms with van der Waals surface area (Å²) in [5.41, 5.74) is 4.32. The van der Waals surface area contributed by atoms with Crippen molar-refractivity contribution in [3.05, 3.63) is 40.5 Å². The van der Waals surface area contributed by atoms with Crippen LogP contribution in [-0.4, -0.2) is 9.97 Å². The Kier molecular flexibility index (Phi) is 3.55. The topological polar surface area (TPSA) is 75.9 Å². The summed E-state index contributed by atoms with van der Waals surface area (Å²) in [4.78, 5) is 8.26. The van der Waals surface area contributed by atoms with Crippen molar-refractivity contribution >= 4 is 33.4 Å². The highest BCUT2D eigenvalue weighted by molar-refractivity contribution is 9.10. The maximum absolute atomic E-state index is 5.28. The molecule has 1 aromatic carbocycles. The molecule has 6 heteroatoms. The van der Waals surface area contributed by atoms with Crippen LogP contribution in [0.4, 0.5) is 17.5 Å². The Morgan fingerprint density at radius 1 is 1.35 bits per heavy atom. The van der Waals surface area contributed by atoms with Gasteiger partial charge in [0.15, 0.2) is 0 Å². The van der Waals surface area contributed by atoms with Crippen molar-refractivity contribution in [2.75, 3.05) is 10.7 Å². The highest BCUT2D eigenvalue weighted by atomic mass is 79.9. The van der Waals surface area contributed by atoms with Crippen molar-refractivity contribution in [3.8, 4) is 0 Å². The van der Waals surface area contributed by atoms with Crippen LogP contribution in [-0.2, 0) is 0 Å². The van der Waals surface area contributed by atoms with E-state index in [0.29, 0.717) is 5.95 Å². The molecule has 0 fully saturated rings. The van der Waals surface area contributed by atoms with Crippen LogP contribution in [0.15, 0.2) is 34.9 Å². The van der Waals surface area contributed by atoms with Crippen molar-refractivity contribution in [1.82, 2.24) is 9.97 Å². The van der Waals surface area contributed by atoms with Gasteiger partial charge in [-0.3, -0.25) is 5.43 Å². The lowest BCUT2D eigenvalue weighted by Crippen LogP contribution is -2.11. The van der Waals surface area contributed by atoms with Gasteiger partial charge in [0, 0.05) is 21.9 Å². The molecule has 2 rings (SSSR count). The average molecular weight is 294 g/mol. The molecule has 0 amide bonds. The van der Waals surface area contributed by atoms with Crippen LogP contribution in [0.1, 0.15) is 5.56 Å². The number of nitrogen functional groups attached to an aromatic ring is 1. The number of nitrogens with one attached hydrogen (secondary N) is 2. The third kappa shape index (κ3) is 2.92. The summed E-state index contributed by atoms with van der Waals surface area (Å²) in [6.45, 7) is 1.93. The third-order valence-electron chi connectivity index (χ3n) is 2.19. The highest BCUT2D eigenvalue weighted by Crippen LogP contribution is 2.21. The number of hydrogen-bond acceptors (Lipinski definition) is 5. The summed E-state index contributed by atoms with van der Waals surface area (Å²) in [5.74, 6) is 6.39. The van der Waals surface area contributed by atoms with Crippen molar-refractivity contribution in [1.29, 1.82) is 0 Å². The molecule has 0 radical (unpaired) electrons. The fourth-order valence-corrected chi connectivity index (χ4v) is 1.74. The van der Waals surface area contributed by atoms with E-state index in [4.69, 9.17) is 5.84 Å². The van der Waals surface area contributed by atoms with Gasteiger partial charge in [0.2, 0.25) is 5.95 Å². The predicted molar refractivity (Wildman–Crippen MR) is 72.0 cm³/mol. The SMILES string of the molecule is Cc1cnc(NN)nc1Nc1cccc(Br)c1. The maximum Gasteiger partial charge on any atom is 0.239 e. The molecular weight excluding hydrogens is 282 g/mol. The second kappa shape index (κ2) is 5.11. The van der Waals surface area contributed by atoms with Gasteiger partial charge in [-0.1, -0.05) is 22.0 Å². The summed E-state index contributed by atoms with van der Waals surface area (Å²) < 4.78 is 1.01. The number of nitrogens with zero attached hydrogens (tertiary/aromatic N) is 2. The van der Waals surface area contributed by atoms with Gasteiger partial charge in [-0.15, -0.1) is 0 Å². The molecule has 4 N–H and O–H groups in total. The molecule has 0 spiro atoms. The molecule has 1 heterocycles. The molecule has 2 aromatic rings. The molecule has 88 valence electrons. The fourth-order valence-electron chi connectivity index (χ4n) is 1.34. The van der Waals surface area contributed by atoms with Gasteiger partial charge in [-0.05, 0) is 25.1 Å². The Morgan fingerprint density at radius 2 is 2.18 bits per heavy atom. The van der Waals surface area contributed by atoms with Crippen LogP contribution in [0.25, 0.3) is 0 Å². The summed E-state index contributed by atoms with van der Waals surface area (Å²) in [6.07, 6.45) is 1.71. The molecule has 0 unspecified atom stereocenters. The number of hydrazine groups is 1. The number of nitrogens with two attached hydrogens (primary N) is 1. The lowest BCUT2D eigenvalue weighted by atomic mass is 10.3. The molecule has 5 nitrogen and oxygen atoms in total. The van der Waals surface area contributed by atoms with E-state index in [2.05, 4.69) is 36.6 Å². The minimum Gasteiger partial charge on any atom is -0.340 e. The first-order chi connectivity index (χ1) is 8.19. The summed E-state index contributed by atoms with van der Waals surface area (Å²) in [5, 5.41) is 3.21. The van der Waals surface area contributed by atoms with Crippen LogP contribution in [0.2, 0.25) is 0 Å². The van der Waals surface area contributed by atoms with E-state index < -0.39 is 0 Å². The maximum atomic E-state index is 5.28. The molecule has 0 aliphatic rings. The zero-order valence-electron chi connectivity index (χ0n) is 9.24. The van der Waals surface area contributed by atoms with Crippen molar-refractivity contribution in [2.45, 2.75) is 6.92 Å². The smallest absolute Gasteiger partial charge is 0.239 e. The summed E-state index contributed by atoms with van der Waals surface area (Å²) in [7, 11) is 0. The molecule has 0 saturated heterocycles.